The van der Waals surface area contributed by atoms with Gasteiger partial charge in [0.05, 0.1) is 11.3 Å². The molecule has 0 saturated heterocycles. The summed E-state index contributed by atoms with van der Waals surface area (Å²) in [5, 5.41) is 0.379. The first-order chi connectivity index (χ1) is 14.0. The average molecular weight is 392 g/mol. The zero-order chi connectivity index (χ0) is 20.4. The number of rotatable bonds is 4. The van der Waals surface area contributed by atoms with Crippen molar-refractivity contribution in [2.45, 2.75) is 46.0 Å². The van der Waals surface area contributed by atoms with E-state index >= 15 is 0 Å². The molecule has 0 spiro atoms. The molecule has 5 heteroatoms. The average Bonchev–Trinajstić information content (AvgIpc) is 2.70. The van der Waals surface area contributed by atoms with Gasteiger partial charge in [-0.25, -0.2) is 0 Å². The van der Waals surface area contributed by atoms with Crippen LogP contribution in [0.25, 0.3) is 11.0 Å². The number of hydrogen-bond acceptors (Lipinski definition) is 5. The number of ether oxygens (including phenoxy) is 2. The van der Waals surface area contributed by atoms with Gasteiger partial charge in [-0.2, -0.15) is 0 Å². The maximum absolute atomic E-state index is 12.8. The van der Waals surface area contributed by atoms with Crippen molar-refractivity contribution in [1.29, 1.82) is 0 Å². The van der Waals surface area contributed by atoms with Crippen molar-refractivity contribution in [2.75, 3.05) is 0 Å². The zero-order valence-corrected chi connectivity index (χ0v) is 16.7. The minimum atomic E-state index is -0.268. The molecule has 1 saturated carbocycles. The van der Waals surface area contributed by atoms with Gasteiger partial charge in [0, 0.05) is 6.07 Å². The van der Waals surface area contributed by atoms with Gasteiger partial charge in [0.1, 0.15) is 23.3 Å². The Balaban J connectivity index is 1.56. The van der Waals surface area contributed by atoms with Crippen LogP contribution in [0, 0.1) is 19.8 Å². The van der Waals surface area contributed by atoms with E-state index in [1.165, 1.54) is 12.7 Å². The number of aryl methyl sites for hydroxylation is 2. The van der Waals surface area contributed by atoms with Crippen LogP contribution >= 0.6 is 0 Å². The smallest absolute Gasteiger partial charge is 0.314 e. The summed E-state index contributed by atoms with van der Waals surface area (Å²) in [5.74, 6) is 0.849. The van der Waals surface area contributed by atoms with Crippen LogP contribution in [0.5, 0.6) is 17.2 Å². The topological polar surface area (TPSA) is 65.7 Å². The number of carbonyl (C=O) groups excluding carboxylic acids is 1. The van der Waals surface area contributed by atoms with Gasteiger partial charge in [-0.1, -0.05) is 25.3 Å². The van der Waals surface area contributed by atoms with Gasteiger partial charge in [0.15, 0.2) is 0 Å². The Labute approximate surface area is 169 Å². The van der Waals surface area contributed by atoms with Crippen LogP contribution in [-0.2, 0) is 4.79 Å². The SMILES string of the molecule is Cc1cc(C)cc(Oc2coc3cc(OC(=O)C4CCCCC4)ccc3c2=O)c1. The Morgan fingerprint density at radius 2 is 1.69 bits per heavy atom. The van der Waals surface area contributed by atoms with Crippen molar-refractivity contribution in [3.63, 3.8) is 0 Å². The fourth-order valence-corrected chi connectivity index (χ4v) is 3.88. The lowest BCUT2D eigenvalue weighted by atomic mass is 9.89. The highest BCUT2D eigenvalue weighted by atomic mass is 16.5. The van der Waals surface area contributed by atoms with Gasteiger partial charge in [-0.15, -0.1) is 0 Å². The summed E-state index contributed by atoms with van der Waals surface area (Å²) >= 11 is 0. The summed E-state index contributed by atoms with van der Waals surface area (Å²) in [6.07, 6.45) is 6.36. The van der Waals surface area contributed by atoms with E-state index in [1.807, 2.05) is 32.0 Å². The lowest BCUT2D eigenvalue weighted by Crippen LogP contribution is -2.22. The van der Waals surface area contributed by atoms with Crippen LogP contribution in [0.2, 0.25) is 0 Å². The van der Waals surface area contributed by atoms with Crippen molar-refractivity contribution in [1.82, 2.24) is 0 Å². The van der Waals surface area contributed by atoms with Gasteiger partial charge < -0.3 is 13.9 Å². The molecule has 0 atom stereocenters. The number of carbonyl (C=O) groups is 1. The molecule has 1 fully saturated rings. The highest BCUT2D eigenvalue weighted by molar-refractivity contribution is 5.81. The maximum Gasteiger partial charge on any atom is 0.314 e. The Hall–Kier alpha value is -3.08. The van der Waals surface area contributed by atoms with E-state index in [4.69, 9.17) is 13.9 Å². The molecule has 1 aliphatic carbocycles. The fraction of sp³-hybridized carbons (Fsp3) is 0.333. The molecular weight excluding hydrogens is 368 g/mol. The second kappa shape index (κ2) is 8.11. The van der Waals surface area contributed by atoms with Gasteiger partial charge in [-0.3, -0.25) is 9.59 Å². The van der Waals surface area contributed by atoms with Crippen molar-refractivity contribution >= 4 is 16.9 Å². The van der Waals surface area contributed by atoms with Crippen molar-refractivity contribution in [3.05, 3.63) is 64.0 Å². The molecule has 2 aromatic carbocycles. The second-order valence-electron chi connectivity index (χ2n) is 7.77. The first-order valence-corrected chi connectivity index (χ1v) is 10.0. The quantitative estimate of drug-likeness (QED) is 0.422. The van der Waals surface area contributed by atoms with Crippen LogP contribution in [0.3, 0.4) is 0 Å². The minimum Gasteiger partial charge on any atom is -0.460 e. The number of fused-ring (bicyclic) bond motifs is 1. The van der Waals surface area contributed by atoms with Gasteiger partial charge in [-0.05, 0) is 62.1 Å². The molecule has 0 amide bonds. The van der Waals surface area contributed by atoms with E-state index in [-0.39, 0.29) is 23.1 Å². The summed E-state index contributed by atoms with van der Waals surface area (Å²) in [5.41, 5.74) is 2.19. The molecule has 0 radical (unpaired) electrons. The largest absolute Gasteiger partial charge is 0.460 e. The fourth-order valence-electron chi connectivity index (χ4n) is 3.88. The van der Waals surface area contributed by atoms with Crippen LogP contribution in [0.4, 0.5) is 0 Å². The van der Waals surface area contributed by atoms with Crippen molar-refractivity contribution in [2.24, 2.45) is 5.92 Å². The third-order valence-electron chi connectivity index (χ3n) is 5.29. The Bertz CT molecular complexity index is 1090. The van der Waals surface area contributed by atoms with Crippen molar-refractivity contribution < 1.29 is 18.7 Å². The minimum absolute atomic E-state index is 0.0417. The predicted octanol–water partition coefficient (Wildman–Crippen LogP) is 5.69. The zero-order valence-electron chi connectivity index (χ0n) is 16.7. The third-order valence-corrected chi connectivity index (χ3v) is 5.29. The Morgan fingerprint density at radius 1 is 0.966 bits per heavy atom. The van der Waals surface area contributed by atoms with Crippen LogP contribution < -0.4 is 14.9 Å². The highest BCUT2D eigenvalue weighted by Gasteiger charge is 2.23. The summed E-state index contributed by atoms with van der Waals surface area (Å²) < 4.78 is 16.9. The summed E-state index contributed by atoms with van der Waals surface area (Å²) in [6.45, 7) is 3.94. The summed E-state index contributed by atoms with van der Waals surface area (Å²) in [6, 6.07) is 10.6. The molecule has 0 bridgehead atoms. The number of benzene rings is 2. The lowest BCUT2D eigenvalue weighted by molar-refractivity contribution is -0.139. The van der Waals surface area contributed by atoms with E-state index in [9.17, 15) is 9.59 Å². The van der Waals surface area contributed by atoms with Gasteiger partial charge in [0.25, 0.3) is 0 Å². The molecule has 1 heterocycles. The van der Waals surface area contributed by atoms with E-state index < -0.39 is 0 Å². The first-order valence-electron chi connectivity index (χ1n) is 10.0. The first kappa shape index (κ1) is 19.2. The normalized spacial score (nSPS) is 14.7. The molecule has 1 aromatic heterocycles. The summed E-state index contributed by atoms with van der Waals surface area (Å²) in [7, 11) is 0. The van der Waals surface area contributed by atoms with Crippen LogP contribution in [0.15, 0.2) is 51.9 Å². The highest BCUT2D eigenvalue weighted by Crippen LogP contribution is 2.28. The molecule has 5 nitrogen and oxygen atoms in total. The van der Waals surface area contributed by atoms with Crippen molar-refractivity contribution in [3.8, 4) is 17.2 Å². The molecule has 0 aliphatic heterocycles. The van der Waals surface area contributed by atoms with E-state index in [0.29, 0.717) is 22.5 Å². The Kier molecular flexibility index (Phi) is 5.38. The molecule has 0 N–H and O–H groups in total. The third kappa shape index (κ3) is 4.34. The second-order valence-corrected chi connectivity index (χ2v) is 7.77. The predicted molar refractivity (Wildman–Crippen MR) is 111 cm³/mol. The van der Waals surface area contributed by atoms with Gasteiger partial charge >= 0.3 is 5.97 Å². The molecule has 1 aliphatic rings. The molecule has 150 valence electrons. The lowest BCUT2D eigenvalue weighted by Gasteiger charge is -2.19. The molecule has 4 rings (SSSR count). The standard InChI is InChI=1S/C24H24O5/c1-15-10-16(2)12-19(11-15)28-22-14-27-21-13-18(8-9-20(21)23(22)25)29-24(26)17-6-4-3-5-7-17/h8-14,17H,3-7H2,1-2H3. The molecular formula is C24H24O5. The molecule has 0 unspecified atom stereocenters. The van der Waals surface area contributed by atoms with Crippen LogP contribution in [-0.4, -0.2) is 5.97 Å². The maximum atomic E-state index is 12.8. The number of esters is 1. The Morgan fingerprint density at radius 3 is 2.41 bits per heavy atom. The molecule has 3 aromatic rings. The van der Waals surface area contributed by atoms with E-state index in [1.54, 1.807) is 18.2 Å². The van der Waals surface area contributed by atoms with Crippen LogP contribution in [0.1, 0.15) is 43.2 Å². The monoisotopic (exact) mass is 392 g/mol. The van der Waals surface area contributed by atoms with E-state index in [0.717, 1.165) is 36.8 Å². The number of hydrogen-bond donors (Lipinski definition) is 0. The summed E-state index contributed by atoms with van der Waals surface area (Å²) in [4.78, 5) is 25.1. The van der Waals surface area contributed by atoms with Gasteiger partial charge in [0.2, 0.25) is 11.2 Å². The molecule has 29 heavy (non-hydrogen) atoms. The van der Waals surface area contributed by atoms with E-state index in [2.05, 4.69) is 0 Å².